The Bertz CT molecular complexity index is 449. The minimum atomic E-state index is 0.204. The van der Waals surface area contributed by atoms with Crippen LogP contribution in [0.15, 0.2) is 29.4 Å². The van der Waals surface area contributed by atoms with E-state index in [9.17, 15) is 0 Å². The van der Waals surface area contributed by atoms with Crippen molar-refractivity contribution in [1.29, 1.82) is 0 Å². The van der Waals surface area contributed by atoms with Crippen molar-refractivity contribution in [2.75, 3.05) is 6.54 Å². The number of rotatable bonds is 6. The molecule has 2 rings (SSSR count). The van der Waals surface area contributed by atoms with Crippen molar-refractivity contribution in [2.24, 2.45) is 16.3 Å². The normalized spacial score (nSPS) is 19.2. The first-order valence-corrected chi connectivity index (χ1v) is 6.81. The molecule has 1 fully saturated rings. The summed E-state index contributed by atoms with van der Waals surface area (Å²) in [4.78, 5) is 0. The molecule has 1 atom stereocenters. The quantitative estimate of drug-likeness (QED) is 0.319. The Balaban J connectivity index is 1.87. The second kappa shape index (κ2) is 5.61. The lowest BCUT2D eigenvalue weighted by Gasteiger charge is -2.20. The van der Waals surface area contributed by atoms with Crippen LogP contribution in [0.4, 0.5) is 0 Å². The first kappa shape index (κ1) is 13.9. The highest BCUT2D eigenvalue weighted by atomic mass is 16.4. The van der Waals surface area contributed by atoms with E-state index in [4.69, 9.17) is 10.9 Å². The van der Waals surface area contributed by atoms with Gasteiger partial charge in [0.15, 0.2) is 0 Å². The van der Waals surface area contributed by atoms with Crippen molar-refractivity contribution in [3.05, 3.63) is 35.4 Å². The van der Waals surface area contributed by atoms with Gasteiger partial charge in [0.2, 0.25) is 0 Å². The number of hydrogen-bond donors (Lipinski definition) is 3. The lowest BCUT2D eigenvalue weighted by Crippen LogP contribution is -2.30. The van der Waals surface area contributed by atoms with E-state index < -0.39 is 0 Å². The summed E-state index contributed by atoms with van der Waals surface area (Å²) in [7, 11) is 0. The lowest BCUT2D eigenvalue weighted by molar-refractivity contribution is 0.313. The van der Waals surface area contributed by atoms with Gasteiger partial charge in [-0.1, -0.05) is 35.0 Å². The Morgan fingerprint density at radius 1 is 1.42 bits per heavy atom. The lowest BCUT2D eigenvalue weighted by atomic mass is 10.00. The zero-order valence-electron chi connectivity index (χ0n) is 11.7. The summed E-state index contributed by atoms with van der Waals surface area (Å²) in [6, 6.07) is 8.92. The van der Waals surface area contributed by atoms with Crippen LogP contribution in [0.5, 0.6) is 0 Å². The van der Waals surface area contributed by atoms with Crippen LogP contribution >= 0.6 is 0 Å². The molecule has 0 aliphatic heterocycles. The van der Waals surface area contributed by atoms with Crippen molar-refractivity contribution in [3.63, 3.8) is 0 Å². The molecule has 1 aliphatic rings. The Kier molecular flexibility index (Phi) is 4.10. The van der Waals surface area contributed by atoms with Crippen molar-refractivity contribution < 1.29 is 5.21 Å². The predicted molar refractivity (Wildman–Crippen MR) is 77.3 cm³/mol. The van der Waals surface area contributed by atoms with Crippen LogP contribution in [0, 0.1) is 12.3 Å². The molecule has 0 amide bonds. The topological polar surface area (TPSA) is 70.6 Å². The number of nitrogens with one attached hydrogen (secondary N) is 1. The van der Waals surface area contributed by atoms with Crippen LogP contribution in [-0.4, -0.2) is 17.6 Å². The molecule has 1 saturated carbocycles. The number of hydrogen-bond acceptors (Lipinski definition) is 3. The SMILES string of the molecule is Cc1ccc([C@H](C)NCC2(C/C(N)=N/O)CC2)cc1. The highest BCUT2D eigenvalue weighted by Crippen LogP contribution is 2.48. The van der Waals surface area contributed by atoms with Gasteiger partial charge in [-0.15, -0.1) is 0 Å². The van der Waals surface area contributed by atoms with E-state index in [1.807, 2.05) is 0 Å². The minimum absolute atomic E-state index is 0.204. The summed E-state index contributed by atoms with van der Waals surface area (Å²) < 4.78 is 0. The largest absolute Gasteiger partial charge is 0.409 e. The van der Waals surface area contributed by atoms with E-state index >= 15 is 0 Å². The van der Waals surface area contributed by atoms with E-state index in [-0.39, 0.29) is 5.41 Å². The molecule has 0 unspecified atom stereocenters. The molecule has 4 heteroatoms. The molecule has 4 nitrogen and oxygen atoms in total. The zero-order chi connectivity index (χ0) is 13.9. The van der Waals surface area contributed by atoms with Crippen molar-refractivity contribution in [1.82, 2.24) is 5.32 Å². The van der Waals surface area contributed by atoms with Gasteiger partial charge in [0.05, 0.1) is 0 Å². The van der Waals surface area contributed by atoms with Crippen LogP contribution in [0.25, 0.3) is 0 Å². The molecule has 0 aromatic heterocycles. The molecule has 19 heavy (non-hydrogen) atoms. The van der Waals surface area contributed by atoms with Gasteiger partial charge in [0.25, 0.3) is 0 Å². The molecule has 4 N–H and O–H groups in total. The summed E-state index contributed by atoms with van der Waals surface area (Å²) in [6.07, 6.45) is 2.98. The van der Waals surface area contributed by atoms with Gasteiger partial charge in [0, 0.05) is 19.0 Å². The van der Waals surface area contributed by atoms with Crippen molar-refractivity contribution >= 4 is 5.84 Å². The van der Waals surface area contributed by atoms with Crippen LogP contribution in [0.3, 0.4) is 0 Å². The van der Waals surface area contributed by atoms with Crippen molar-refractivity contribution in [3.8, 4) is 0 Å². The van der Waals surface area contributed by atoms with Gasteiger partial charge in [-0.05, 0) is 37.7 Å². The van der Waals surface area contributed by atoms with E-state index in [1.54, 1.807) is 0 Å². The summed E-state index contributed by atoms with van der Waals surface area (Å²) >= 11 is 0. The maximum Gasteiger partial charge on any atom is 0.139 e. The van der Waals surface area contributed by atoms with Gasteiger partial charge in [-0.25, -0.2) is 0 Å². The third-order valence-electron chi connectivity index (χ3n) is 4.00. The fourth-order valence-corrected chi connectivity index (χ4v) is 2.35. The minimum Gasteiger partial charge on any atom is -0.409 e. The van der Waals surface area contributed by atoms with Crippen LogP contribution in [-0.2, 0) is 0 Å². The molecule has 0 bridgehead atoms. The molecule has 1 aromatic rings. The van der Waals surface area contributed by atoms with Gasteiger partial charge in [0.1, 0.15) is 5.84 Å². The highest BCUT2D eigenvalue weighted by molar-refractivity contribution is 5.80. The average molecular weight is 261 g/mol. The first-order chi connectivity index (χ1) is 9.04. The van der Waals surface area contributed by atoms with Gasteiger partial charge >= 0.3 is 0 Å². The van der Waals surface area contributed by atoms with Gasteiger partial charge < -0.3 is 16.3 Å². The molecule has 0 heterocycles. The first-order valence-electron chi connectivity index (χ1n) is 6.81. The Hall–Kier alpha value is -1.55. The maximum absolute atomic E-state index is 8.65. The molecule has 0 spiro atoms. The van der Waals surface area contributed by atoms with E-state index in [0.29, 0.717) is 18.3 Å². The Morgan fingerprint density at radius 3 is 2.58 bits per heavy atom. The second-order valence-electron chi connectivity index (χ2n) is 5.78. The van der Waals surface area contributed by atoms with Gasteiger partial charge in [-0.3, -0.25) is 0 Å². The second-order valence-corrected chi connectivity index (χ2v) is 5.78. The molecule has 0 saturated heterocycles. The molecule has 1 aromatic carbocycles. The summed E-state index contributed by atoms with van der Waals surface area (Å²) in [5.74, 6) is 0.335. The van der Waals surface area contributed by atoms with Crippen molar-refractivity contribution in [2.45, 2.75) is 39.2 Å². The number of aryl methyl sites for hydroxylation is 1. The number of amidine groups is 1. The molecule has 1 aliphatic carbocycles. The standard InChI is InChI=1S/C15H23N3O/c1-11-3-5-13(6-4-11)12(2)17-10-15(7-8-15)9-14(16)18-19/h3-6,12,17,19H,7-10H2,1-2H3,(H2,16,18)/t12-/m0/s1. The smallest absolute Gasteiger partial charge is 0.139 e. The maximum atomic E-state index is 8.65. The number of oxime groups is 1. The van der Waals surface area contributed by atoms with Crippen LogP contribution in [0.1, 0.15) is 43.4 Å². The number of nitrogens with zero attached hydrogens (tertiary/aromatic N) is 1. The monoisotopic (exact) mass is 261 g/mol. The summed E-state index contributed by atoms with van der Waals surface area (Å²) in [5.41, 5.74) is 8.38. The van der Waals surface area contributed by atoms with Crippen LogP contribution in [0.2, 0.25) is 0 Å². The molecule has 0 radical (unpaired) electrons. The molecular weight excluding hydrogens is 238 g/mol. The molecule has 104 valence electrons. The summed E-state index contributed by atoms with van der Waals surface area (Å²) in [5, 5.41) is 15.3. The zero-order valence-corrected chi connectivity index (χ0v) is 11.7. The summed E-state index contributed by atoms with van der Waals surface area (Å²) in [6.45, 7) is 5.18. The third-order valence-corrected chi connectivity index (χ3v) is 4.00. The Morgan fingerprint density at radius 2 is 2.05 bits per heavy atom. The van der Waals surface area contributed by atoms with E-state index in [0.717, 1.165) is 19.4 Å². The number of benzene rings is 1. The van der Waals surface area contributed by atoms with E-state index in [1.165, 1.54) is 11.1 Å². The highest BCUT2D eigenvalue weighted by Gasteiger charge is 2.43. The van der Waals surface area contributed by atoms with Gasteiger partial charge in [-0.2, -0.15) is 0 Å². The average Bonchev–Trinajstić information content (AvgIpc) is 3.17. The predicted octanol–water partition coefficient (Wildman–Crippen LogP) is 2.56. The Labute approximate surface area is 114 Å². The van der Waals surface area contributed by atoms with Crippen LogP contribution < -0.4 is 11.1 Å². The van der Waals surface area contributed by atoms with E-state index in [2.05, 4.69) is 48.6 Å². The fourth-order valence-electron chi connectivity index (χ4n) is 2.35. The number of nitrogens with two attached hydrogens (primary N) is 1. The third kappa shape index (κ3) is 3.70. The fraction of sp³-hybridized carbons (Fsp3) is 0.533. The molecular formula is C15H23N3O.